The van der Waals surface area contributed by atoms with Gasteiger partial charge in [-0.1, -0.05) is 17.7 Å². The van der Waals surface area contributed by atoms with Crippen LogP contribution in [0.4, 0.5) is 0 Å². The molecule has 2 aromatic carbocycles. The molecule has 0 saturated heterocycles. The molecule has 12 nitrogen and oxygen atoms in total. The molecule has 0 spiro atoms. The zero-order valence-electron chi connectivity index (χ0n) is 24.6. The minimum atomic E-state index is -1.26. The second-order valence-electron chi connectivity index (χ2n) is 12.0. The minimum Gasteiger partial charge on any atom is -0.480 e. The minimum absolute atomic E-state index is 0.00875. The number of esters is 1. The van der Waals surface area contributed by atoms with Crippen LogP contribution >= 0.6 is 11.6 Å². The van der Waals surface area contributed by atoms with Crippen LogP contribution in [0.3, 0.4) is 0 Å². The molecule has 0 bridgehead atoms. The first-order valence-electron chi connectivity index (χ1n) is 14.2. The third kappa shape index (κ3) is 5.64. The van der Waals surface area contributed by atoms with Gasteiger partial charge in [-0.2, -0.15) is 4.68 Å². The van der Waals surface area contributed by atoms with Crippen molar-refractivity contribution in [2.45, 2.75) is 57.2 Å². The molecule has 45 heavy (non-hydrogen) atoms. The number of carboxylic acid groups (broad SMARTS) is 1. The van der Waals surface area contributed by atoms with Crippen LogP contribution in [0, 0.1) is 0 Å². The Kier molecular flexibility index (Phi) is 7.61. The van der Waals surface area contributed by atoms with E-state index in [4.69, 9.17) is 16.3 Å². The van der Waals surface area contributed by atoms with Gasteiger partial charge in [0.05, 0.1) is 5.69 Å². The van der Waals surface area contributed by atoms with Gasteiger partial charge in [-0.05, 0) is 90.2 Å². The summed E-state index contributed by atoms with van der Waals surface area (Å²) < 4.78 is 9.93. The van der Waals surface area contributed by atoms with Gasteiger partial charge in [0.15, 0.2) is 0 Å². The molecule has 230 valence electrons. The molecule has 0 aliphatic carbocycles. The van der Waals surface area contributed by atoms with Crippen molar-refractivity contribution in [1.82, 2.24) is 29.3 Å². The molecule has 0 radical (unpaired) electrons. The molecule has 0 amide bonds. The lowest BCUT2D eigenvalue weighted by Gasteiger charge is -2.22. The highest BCUT2D eigenvalue weighted by Crippen LogP contribution is 2.50. The van der Waals surface area contributed by atoms with Crippen LogP contribution < -0.4 is 5.56 Å². The number of fused-ring (bicyclic) bond motifs is 2. The summed E-state index contributed by atoms with van der Waals surface area (Å²) in [5.41, 5.74) is 2.29. The molecule has 5 aromatic rings. The SMILES string of the molecule is CC(C)(C)OC(=O)Cn1ccc2cc(C3C(CC=O)c4cc(-c5cc(Cl)ccc5-n5cnnn5)cc(=O)n4[C@@H]3C(=O)O)ccc21. The van der Waals surface area contributed by atoms with Crippen LogP contribution in [0.5, 0.6) is 0 Å². The maximum Gasteiger partial charge on any atom is 0.327 e. The van der Waals surface area contributed by atoms with Crippen molar-refractivity contribution in [2.24, 2.45) is 0 Å². The zero-order valence-corrected chi connectivity index (χ0v) is 25.4. The molecule has 4 heterocycles. The standard InChI is InChI=1S/C32H29ClN6O6/c1-32(2,3)45-28(42)16-37-10-8-18-12-19(4-6-24(18)37)29-22(9-11-40)26-13-20(14-27(41)39(26)30(29)31(43)44)23-15-21(33)5-7-25(23)38-17-34-35-36-38/h4-8,10-15,17,22,29-30H,9,16H2,1-3H3,(H,43,44)/t22?,29?,30-/m0/s1. The fourth-order valence-corrected chi connectivity index (χ4v) is 6.41. The number of carbonyl (C=O) groups is 3. The Hall–Kier alpha value is -5.10. The highest BCUT2D eigenvalue weighted by atomic mass is 35.5. The fourth-order valence-electron chi connectivity index (χ4n) is 6.24. The first-order chi connectivity index (χ1) is 21.4. The van der Waals surface area contributed by atoms with Crippen LogP contribution in [0.2, 0.25) is 5.02 Å². The Bertz CT molecular complexity index is 2010. The number of rotatable bonds is 8. The molecule has 6 rings (SSSR count). The number of hydrogen-bond acceptors (Lipinski definition) is 8. The van der Waals surface area contributed by atoms with Crippen molar-refractivity contribution >= 4 is 40.7 Å². The van der Waals surface area contributed by atoms with Crippen LogP contribution in [-0.4, -0.2) is 58.3 Å². The number of carbonyl (C=O) groups excluding carboxylic acids is 2. The summed E-state index contributed by atoms with van der Waals surface area (Å²) in [6.45, 7) is 5.41. The van der Waals surface area contributed by atoms with Crippen molar-refractivity contribution in [2.75, 3.05) is 0 Å². The topological polar surface area (TPSA) is 151 Å². The molecule has 2 unspecified atom stereocenters. The fraction of sp³-hybridized carbons (Fsp3) is 0.281. The van der Waals surface area contributed by atoms with Gasteiger partial charge in [0.1, 0.15) is 30.8 Å². The number of aliphatic carboxylic acids is 1. The molecular weight excluding hydrogens is 600 g/mol. The summed E-state index contributed by atoms with van der Waals surface area (Å²) >= 11 is 6.34. The van der Waals surface area contributed by atoms with Gasteiger partial charge in [-0.3, -0.25) is 14.2 Å². The van der Waals surface area contributed by atoms with E-state index in [1.165, 1.54) is 21.6 Å². The summed E-state index contributed by atoms with van der Waals surface area (Å²) in [7, 11) is 0. The van der Waals surface area contributed by atoms with Gasteiger partial charge in [0, 0.05) is 52.3 Å². The number of halogens is 1. The van der Waals surface area contributed by atoms with Crippen LogP contribution in [0.1, 0.15) is 56.3 Å². The average molecular weight is 629 g/mol. The lowest BCUT2D eigenvalue weighted by molar-refractivity contribution is -0.155. The zero-order chi connectivity index (χ0) is 32.0. The van der Waals surface area contributed by atoms with E-state index in [9.17, 15) is 24.3 Å². The quantitative estimate of drug-likeness (QED) is 0.193. The molecule has 3 atom stereocenters. The van der Waals surface area contributed by atoms with E-state index < -0.39 is 35.0 Å². The summed E-state index contributed by atoms with van der Waals surface area (Å²) in [6, 6.07) is 14.2. The number of aromatic nitrogens is 6. The Morgan fingerprint density at radius 3 is 2.58 bits per heavy atom. The largest absolute Gasteiger partial charge is 0.480 e. The average Bonchev–Trinajstić information content (AvgIpc) is 3.71. The van der Waals surface area contributed by atoms with Crippen molar-refractivity contribution in [3.05, 3.63) is 93.8 Å². The van der Waals surface area contributed by atoms with Gasteiger partial charge in [-0.15, -0.1) is 5.10 Å². The Morgan fingerprint density at radius 1 is 1.09 bits per heavy atom. The van der Waals surface area contributed by atoms with Crippen molar-refractivity contribution in [3.8, 4) is 16.8 Å². The van der Waals surface area contributed by atoms with E-state index >= 15 is 0 Å². The predicted molar refractivity (Wildman–Crippen MR) is 164 cm³/mol. The molecule has 13 heteroatoms. The number of carboxylic acids is 1. The molecule has 1 N–H and O–H groups in total. The van der Waals surface area contributed by atoms with E-state index in [1.54, 1.807) is 61.9 Å². The Morgan fingerprint density at radius 2 is 1.89 bits per heavy atom. The molecular formula is C32H29ClN6O6. The van der Waals surface area contributed by atoms with E-state index in [1.807, 2.05) is 18.2 Å². The van der Waals surface area contributed by atoms with E-state index in [0.29, 0.717) is 33.1 Å². The lowest BCUT2D eigenvalue weighted by Crippen LogP contribution is -2.29. The van der Waals surface area contributed by atoms with Gasteiger partial charge in [0.25, 0.3) is 5.56 Å². The number of nitrogens with zero attached hydrogens (tertiary/aromatic N) is 6. The first kappa shape index (κ1) is 29.9. The summed E-state index contributed by atoms with van der Waals surface area (Å²) in [5.74, 6) is -2.92. The Labute approximate surface area is 261 Å². The number of aldehydes is 1. The maximum atomic E-state index is 13.7. The smallest absolute Gasteiger partial charge is 0.327 e. The number of pyridine rings is 1. The van der Waals surface area contributed by atoms with Crippen molar-refractivity contribution in [3.63, 3.8) is 0 Å². The normalized spacial score (nSPS) is 17.7. The van der Waals surface area contributed by atoms with E-state index in [0.717, 1.165) is 17.2 Å². The Balaban J connectivity index is 1.44. The van der Waals surface area contributed by atoms with Gasteiger partial charge in [-0.25, -0.2) is 4.79 Å². The van der Waals surface area contributed by atoms with Crippen LogP contribution in [0.25, 0.3) is 27.7 Å². The second kappa shape index (κ2) is 11.4. The van der Waals surface area contributed by atoms with Crippen molar-refractivity contribution < 1.29 is 24.2 Å². The van der Waals surface area contributed by atoms with Crippen molar-refractivity contribution in [1.29, 1.82) is 0 Å². The van der Waals surface area contributed by atoms with Crippen LogP contribution in [-0.2, 0) is 25.7 Å². The highest BCUT2D eigenvalue weighted by molar-refractivity contribution is 6.31. The van der Waals surface area contributed by atoms with Gasteiger partial charge >= 0.3 is 11.9 Å². The van der Waals surface area contributed by atoms with E-state index in [2.05, 4.69) is 15.5 Å². The monoisotopic (exact) mass is 628 g/mol. The van der Waals surface area contributed by atoms with E-state index in [-0.39, 0.29) is 18.9 Å². The van der Waals surface area contributed by atoms with Gasteiger partial charge in [0.2, 0.25) is 0 Å². The molecule has 0 fully saturated rings. The maximum absolute atomic E-state index is 13.7. The number of benzene rings is 2. The first-order valence-corrected chi connectivity index (χ1v) is 14.6. The third-order valence-electron chi connectivity index (χ3n) is 7.90. The van der Waals surface area contributed by atoms with Gasteiger partial charge < -0.3 is 19.2 Å². The number of tetrazole rings is 1. The molecule has 1 aliphatic rings. The summed E-state index contributed by atoms with van der Waals surface area (Å²) in [6.07, 6.45) is 3.91. The third-order valence-corrected chi connectivity index (χ3v) is 8.13. The lowest BCUT2D eigenvalue weighted by atomic mass is 9.80. The molecule has 0 saturated carbocycles. The van der Waals surface area contributed by atoms with Crippen LogP contribution in [0.15, 0.2) is 71.9 Å². The second-order valence-corrected chi connectivity index (χ2v) is 12.4. The summed E-state index contributed by atoms with van der Waals surface area (Å²) in [4.78, 5) is 51.0. The number of hydrogen-bond donors (Lipinski definition) is 1. The number of ether oxygens (including phenoxy) is 1. The summed E-state index contributed by atoms with van der Waals surface area (Å²) in [5, 5.41) is 23.0. The highest BCUT2D eigenvalue weighted by Gasteiger charge is 2.46. The molecule has 1 aliphatic heterocycles. The molecule has 3 aromatic heterocycles. The predicted octanol–water partition coefficient (Wildman–Crippen LogP) is 4.54.